The van der Waals surface area contributed by atoms with Crippen LogP contribution in [0.1, 0.15) is 40.6 Å². The van der Waals surface area contributed by atoms with Gasteiger partial charge in [0.25, 0.3) is 0 Å². The van der Waals surface area contributed by atoms with Crippen molar-refractivity contribution < 1.29 is 4.74 Å². The van der Waals surface area contributed by atoms with E-state index in [2.05, 4.69) is 26.1 Å². The molecule has 1 N–H and O–H groups in total. The number of ether oxygens (including phenoxy) is 1. The zero-order chi connectivity index (χ0) is 12.0. The van der Waals surface area contributed by atoms with Gasteiger partial charge in [-0.15, -0.1) is 11.3 Å². The number of aryl methyl sites for hydroxylation is 1. The smallest absolute Gasteiger partial charge is 0.0971 e. The van der Waals surface area contributed by atoms with Crippen molar-refractivity contribution >= 4 is 11.3 Å². The van der Waals surface area contributed by atoms with E-state index in [1.807, 2.05) is 11.3 Å². The molecule has 3 rings (SSSR count). The second-order valence-electron chi connectivity index (χ2n) is 5.48. The molecule has 1 aromatic heterocycles. The molecule has 3 heteroatoms. The van der Waals surface area contributed by atoms with E-state index in [9.17, 15) is 0 Å². The van der Waals surface area contributed by atoms with Crippen LogP contribution in [-0.2, 0) is 16.8 Å². The predicted octanol–water partition coefficient (Wildman–Crippen LogP) is 2.90. The first-order valence-corrected chi connectivity index (χ1v) is 7.41. The maximum absolute atomic E-state index is 6.26. The van der Waals surface area contributed by atoms with E-state index in [0.29, 0.717) is 6.04 Å². The Morgan fingerprint density at radius 1 is 1.41 bits per heavy atom. The van der Waals surface area contributed by atoms with Gasteiger partial charge in [-0.3, -0.25) is 0 Å². The zero-order valence-electron chi connectivity index (χ0n) is 10.9. The molecular formula is C14H21NOS. The van der Waals surface area contributed by atoms with E-state index in [1.54, 1.807) is 10.4 Å². The van der Waals surface area contributed by atoms with Crippen molar-refractivity contribution in [1.29, 1.82) is 0 Å². The van der Waals surface area contributed by atoms with E-state index in [4.69, 9.17) is 4.74 Å². The van der Waals surface area contributed by atoms with Gasteiger partial charge in [0, 0.05) is 27.8 Å². The van der Waals surface area contributed by atoms with Crippen molar-refractivity contribution in [2.45, 2.75) is 51.7 Å². The highest BCUT2D eigenvalue weighted by molar-refractivity contribution is 7.12. The maximum atomic E-state index is 6.26. The molecule has 2 aliphatic rings. The number of hydrogen-bond donors (Lipinski definition) is 1. The fourth-order valence-electron chi connectivity index (χ4n) is 3.43. The molecule has 94 valence electrons. The third-order valence-corrected chi connectivity index (χ3v) is 5.55. The van der Waals surface area contributed by atoms with Gasteiger partial charge in [-0.05, 0) is 45.7 Å². The number of rotatable bonds is 0. The van der Waals surface area contributed by atoms with Crippen LogP contribution in [0, 0.1) is 13.8 Å². The van der Waals surface area contributed by atoms with Crippen molar-refractivity contribution in [3.63, 3.8) is 0 Å². The molecule has 3 heterocycles. The molecule has 1 spiro atoms. The molecule has 17 heavy (non-hydrogen) atoms. The Morgan fingerprint density at radius 3 is 3.00 bits per heavy atom. The van der Waals surface area contributed by atoms with Crippen LogP contribution in [0.5, 0.6) is 0 Å². The topological polar surface area (TPSA) is 21.3 Å². The fourth-order valence-corrected chi connectivity index (χ4v) is 4.68. The van der Waals surface area contributed by atoms with Crippen LogP contribution in [0.2, 0.25) is 0 Å². The van der Waals surface area contributed by atoms with Crippen LogP contribution in [0.25, 0.3) is 0 Å². The molecule has 0 unspecified atom stereocenters. The summed E-state index contributed by atoms with van der Waals surface area (Å²) < 4.78 is 6.26. The summed E-state index contributed by atoms with van der Waals surface area (Å²) in [6.45, 7) is 8.77. The molecule has 0 aromatic carbocycles. The van der Waals surface area contributed by atoms with Gasteiger partial charge in [0.05, 0.1) is 12.2 Å². The predicted molar refractivity (Wildman–Crippen MR) is 71.8 cm³/mol. The summed E-state index contributed by atoms with van der Waals surface area (Å²) in [5.41, 5.74) is 3.05. The van der Waals surface area contributed by atoms with Crippen LogP contribution in [0.4, 0.5) is 0 Å². The highest BCUT2D eigenvalue weighted by Gasteiger charge is 2.43. The summed E-state index contributed by atoms with van der Waals surface area (Å²) in [5.74, 6) is 0. The number of hydrogen-bond acceptors (Lipinski definition) is 3. The fraction of sp³-hybridized carbons (Fsp3) is 0.714. The standard InChI is InChI=1S/C14H21NOS/c1-9-8-14(5-6-15-9)13-10(2)11(3)17-12(13)4-7-16-14/h9,15H,4-8H2,1-3H3/t9-,14+/m0/s1. The largest absolute Gasteiger partial charge is 0.370 e. The minimum Gasteiger partial charge on any atom is -0.370 e. The lowest BCUT2D eigenvalue weighted by Gasteiger charge is -2.43. The summed E-state index contributed by atoms with van der Waals surface area (Å²) in [5, 5.41) is 3.53. The lowest BCUT2D eigenvalue weighted by Crippen LogP contribution is -2.48. The van der Waals surface area contributed by atoms with Gasteiger partial charge in [-0.25, -0.2) is 0 Å². The lowest BCUT2D eigenvalue weighted by molar-refractivity contribution is -0.0874. The van der Waals surface area contributed by atoms with Gasteiger partial charge < -0.3 is 10.1 Å². The summed E-state index contributed by atoms with van der Waals surface area (Å²) in [7, 11) is 0. The lowest BCUT2D eigenvalue weighted by atomic mass is 9.78. The molecule has 1 fully saturated rings. The SMILES string of the molecule is Cc1sc2c(c1C)[C@]1(CCN[C@@H](C)C1)OCC2. The van der Waals surface area contributed by atoms with Gasteiger partial charge in [0.2, 0.25) is 0 Å². The normalized spacial score (nSPS) is 32.8. The highest BCUT2D eigenvalue weighted by atomic mass is 32.1. The van der Waals surface area contributed by atoms with Crippen LogP contribution in [0.3, 0.4) is 0 Å². The van der Waals surface area contributed by atoms with Crippen LogP contribution >= 0.6 is 11.3 Å². The number of nitrogens with one attached hydrogen (secondary N) is 1. The molecule has 0 saturated carbocycles. The molecule has 0 aliphatic carbocycles. The second kappa shape index (κ2) is 4.08. The van der Waals surface area contributed by atoms with Crippen molar-refractivity contribution in [3.8, 4) is 0 Å². The van der Waals surface area contributed by atoms with Crippen molar-refractivity contribution in [3.05, 3.63) is 20.9 Å². The van der Waals surface area contributed by atoms with E-state index < -0.39 is 0 Å². The van der Waals surface area contributed by atoms with Gasteiger partial charge >= 0.3 is 0 Å². The van der Waals surface area contributed by atoms with E-state index in [-0.39, 0.29) is 5.60 Å². The first-order chi connectivity index (χ1) is 8.12. The first kappa shape index (κ1) is 11.7. The third kappa shape index (κ3) is 1.76. The Balaban J connectivity index is 2.08. The molecule has 2 atom stereocenters. The molecule has 0 radical (unpaired) electrons. The van der Waals surface area contributed by atoms with Gasteiger partial charge in [-0.1, -0.05) is 0 Å². The van der Waals surface area contributed by atoms with Crippen molar-refractivity contribution in [1.82, 2.24) is 5.32 Å². The summed E-state index contributed by atoms with van der Waals surface area (Å²) in [4.78, 5) is 3.06. The summed E-state index contributed by atoms with van der Waals surface area (Å²) in [6, 6.07) is 0.564. The van der Waals surface area contributed by atoms with E-state index in [0.717, 1.165) is 32.4 Å². The molecule has 1 saturated heterocycles. The first-order valence-electron chi connectivity index (χ1n) is 6.59. The van der Waals surface area contributed by atoms with Gasteiger partial charge in [0.15, 0.2) is 0 Å². The van der Waals surface area contributed by atoms with Gasteiger partial charge in [0.1, 0.15) is 0 Å². The molecular weight excluding hydrogens is 230 g/mol. The average Bonchev–Trinajstić information content (AvgIpc) is 2.56. The molecule has 2 aliphatic heterocycles. The average molecular weight is 251 g/mol. The third-order valence-electron chi connectivity index (χ3n) is 4.28. The number of fused-ring (bicyclic) bond motifs is 2. The molecule has 1 aromatic rings. The Kier molecular flexibility index (Phi) is 2.80. The summed E-state index contributed by atoms with van der Waals surface area (Å²) in [6.07, 6.45) is 3.36. The molecule has 0 amide bonds. The second-order valence-corrected chi connectivity index (χ2v) is 6.79. The Labute approximate surface area is 107 Å². The minimum absolute atomic E-state index is 0.0209. The van der Waals surface area contributed by atoms with Crippen LogP contribution in [-0.4, -0.2) is 19.2 Å². The highest BCUT2D eigenvalue weighted by Crippen LogP contribution is 2.46. The van der Waals surface area contributed by atoms with Crippen molar-refractivity contribution in [2.75, 3.05) is 13.2 Å². The number of piperidine rings is 1. The monoisotopic (exact) mass is 251 g/mol. The van der Waals surface area contributed by atoms with Crippen LogP contribution in [0.15, 0.2) is 0 Å². The van der Waals surface area contributed by atoms with E-state index >= 15 is 0 Å². The number of thiophene rings is 1. The summed E-state index contributed by atoms with van der Waals surface area (Å²) >= 11 is 1.99. The van der Waals surface area contributed by atoms with E-state index in [1.165, 1.54) is 10.4 Å². The maximum Gasteiger partial charge on any atom is 0.0971 e. The molecule has 0 bridgehead atoms. The quantitative estimate of drug-likeness (QED) is 0.765. The van der Waals surface area contributed by atoms with Crippen molar-refractivity contribution in [2.24, 2.45) is 0 Å². The Morgan fingerprint density at radius 2 is 2.24 bits per heavy atom. The van der Waals surface area contributed by atoms with Crippen LogP contribution < -0.4 is 5.32 Å². The zero-order valence-corrected chi connectivity index (χ0v) is 11.7. The Bertz CT molecular complexity index is 440. The van der Waals surface area contributed by atoms with Gasteiger partial charge in [-0.2, -0.15) is 0 Å². The molecule has 2 nitrogen and oxygen atoms in total. The minimum atomic E-state index is 0.0209. The Hall–Kier alpha value is -0.380.